The van der Waals surface area contributed by atoms with E-state index in [1.54, 1.807) is 29.4 Å². The van der Waals surface area contributed by atoms with E-state index in [9.17, 15) is 14.4 Å². The summed E-state index contributed by atoms with van der Waals surface area (Å²) in [4.78, 5) is 43.5. The van der Waals surface area contributed by atoms with Gasteiger partial charge in [0.15, 0.2) is 3.95 Å². The minimum absolute atomic E-state index is 0.0200. The number of nitrogens with zero attached hydrogens (tertiary/aromatic N) is 1. The van der Waals surface area contributed by atoms with Crippen LogP contribution in [0.5, 0.6) is 0 Å². The first-order valence-electron chi connectivity index (χ1n) is 11.5. The largest absolute Gasteiger partial charge is 0.481 e. The fraction of sp³-hybridized carbons (Fsp3) is 0.565. The van der Waals surface area contributed by atoms with Crippen molar-refractivity contribution in [3.05, 3.63) is 33.0 Å². The number of furan rings is 1. The molecule has 174 valence electrons. The molecule has 2 aliphatic carbocycles. The molecule has 33 heavy (non-hydrogen) atoms. The second-order valence-corrected chi connectivity index (χ2v) is 12.4. The third-order valence-corrected chi connectivity index (χ3v) is 10.9. The number of carboxylic acids is 1. The smallest absolute Gasteiger partial charge is 0.303 e. The summed E-state index contributed by atoms with van der Waals surface area (Å²) in [6.07, 6.45) is 4.66. The van der Waals surface area contributed by atoms with Gasteiger partial charge in [0.05, 0.1) is 29.0 Å². The number of thiazole rings is 1. The van der Waals surface area contributed by atoms with Gasteiger partial charge in [-0.2, -0.15) is 0 Å². The molecule has 7 atom stereocenters. The minimum Gasteiger partial charge on any atom is -0.481 e. The number of nitrogens with one attached hydrogen (secondary N) is 1. The fourth-order valence-electron chi connectivity index (χ4n) is 6.81. The Kier molecular flexibility index (Phi) is 5.30. The van der Waals surface area contributed by atoms with Gasteiger partial charge in [0.1, 0.15) is 5.76 Å². The highest BCUT2D eigenvalue weighted by Gasteiger charge is 2.69. The van der Waals surface area contributed by atoms with Crippen molar-refractivity contribution in [3.63, 3.8) is 0 Å². The zero-order valence-corrected chi connectivity index (χ0v) is 20.2. The molecular formula is C23H24N2O5S3. The van der Waals surface area contributed by atoms with Crippen LogP contribution in [0.25, 0.3) is 0 Å². The summed E-state index contributed by atoms with van der Waals surface area (Å²) in [5, 5.41) is 10.1. The van der Waals surface area contributed by atoms with Crippen molar-refractivity contribution in [2.24, 2.45) is 29.6 Å². The Morgan fingerprint density at radius 3 is 2.73 bits per heavy atom. The molecule has 1 saturated heterocycles. The highest BCUT2D eigenvalue weighted by Crippen LogP contribution is 2.68. The van der Waals surface area contributed by atoms with Crippen LogP contribution in [-0.2, 0) is 14.4 Å². The number of hydrogen-bond donors (Lipinski definition) is 2. The monoisotopic (exact) mass is 504 g/mol. The molecule has 6 rings (SSSR count). The van der Waals surface area contributed by atoms with Crippen molar-refractivity contribution in [1.82, 2.24) is 9.88 Å². The highest BCUT2D eigenvalue weighted by molar-refractivity contribution is 8.00. The normalized spacial score (nSPS) is 33.9. The first-order chi connectivity index (χ1) is 16.0. The molecule has 4 heterocycles. The summed E-state index contributed by atoms with van der Waals surface area (Å²) in [5.74, 6) is 0.225. The van der Waals surface area contributed by atoms with Crippen molar-refractivity contribution in [3.8, 4) is 0 Å². The van der Waals surface area contributed by atoms with E-state index in [0.717, 1.165) is 21.2 Å². The van der Waals surface area contributed by atoms with Gasteiger partial charge in [-0.25, -0.2) is 0 Å². The summed E-state index contributed by atoms with van der Waals surface area (Å²) >= 11 is 8.84. The maximum Gasteiger partial charge on any atom is 0.303 e. The maximum atomic E-state index is 13.4. The molecule has 7 nitrogen and oxygen atoms in total. The second kappa shape index (κ2) is 8.09. The third kappa shape index (κ3) is 3.28. The molecule has 7 unspecified atom stereocenters. The first kappa shape index (κ1) is 21.6. The first-order valence-corrected chi connectivity index (χ1v) is 13.6. The molecule has 3 fully saturated rings. The summed E-state index contributed by atoms with van der Waals surface area (Å²) in [6.45, 7) is 0.397. The Balaban J connectivity index is 1.27. The molecule has 2 bridgehead atoms. The number of likely N-dealkylation sites (tertiary alicyclic amines) is 1. The molecule has 2 amide bonds. The van der Waals surface area contributed by atoms with E-state index in [4.69, 9.17) is 21.7 Å². The lowest BCUT2D eigenvalue weighted by Crippen LogP contribution is -2.42. The number of unbranched alkanes of at least 4 members (excludes halogenated alkanes) is 2. The average molecular weight is 505 g/mol. The van der Waals surface area contributed by atoms with Crippen molar-refractivity contribution >= 4 is 53.1 Å². The van der Waals surface area contributed by atoms with Gasteiger partial charge in [-0.15, -0.1) is 23.1 Å². The molecule has 0 aromatic carbocycles. The standard InChI is InChI=1S/C23H24N2O5S3/c26-13(27)6-2-1-3-7-25-21(28)15-10-9-11(16(15)22(25)29)18-14(10)17(12-5-4-8-30-12)19-20(32-18)24-23(31)33-19/h4-5,8,10-11,14-18H,1-3,6-7,9H2,(H,24,31)(H,26,27). The molecule has 0 radical (unpaired) electrons. The van der Waals surface area contributed by atoms with Gasteiger partial charge in [-0.05, 0) is 61.4 Å². The predicted octanol–water partition coefficient (Wildman–Crippen LogP) is 4.52. The lowest BCUT2D eigenvalue weighted by Gasteiger charge is -2.42. The Morgan fingerprint density at radius 1 is 1.21 bits per heavy atom. The summed E-state index contributed by atoms with van der Waals surface area (Å²) < 4.78 is 6.62. The van der Waals surface area contributed by atoms with Crippen molar-refractivity contribution in [2.75, 3.05) is 6.54 Å². The highest BCUT2D eigenvalue weighted by atomic mass is 32.2. The molecular weight excluding hydrogens is 480 g/mol. The van der Waals surface area contributed by atoms with Crippen LogP contribution in [0.2, 0.25) is 0 Å². The van der Waals surface area contributed by atoms with E-state index in [0.29, 0.717) is 25.8 Å². The van der Waals surface area contributed by atoms with Gasteiger partial charge in [-0.1, -0.05) is 6.42 Å². The molecule has 10 heteroatoms. The lowest BCUT2D eigenvalue weighted by atomic mass is 9.69. The zero-order chi connectivity index (χ0) is 22.9. The minimum atomic E-state index is -0.811. The number of carboxylic acid groups (broad SMARTS) is 1. The number of hydrogen-bond acceptors (Lipinski definition) is 7. The van der Waals surface area contributed by atoms with E-state index in [1.807, 2.05) is 12.1 Å². The van der Waals surface area contributed by atoms with Crippen LogP contribution in [-0.4, -0.2) is 44.6 Å². The maximum absolute atomic E-state index is 13.4. The predicted molar refractivity (Wildman–Crippen MR) is 125 cm³/mol. The van der Waals surface area contributed by atoms with Gasteiger partial charge >= 0.3 is 5.97 Å². The van der Waals surface area contributed by atoms with Crippen molar-refractivity contribution in [1.29, 1.82) is 0 Å². The zero-order valence-electron chi connectivity index (χ0n) is 17.8. The number of thioether (sulfide) groups is 1. The number of aromatic nitrogens is 1. The Bertz CT molecular complexity index is 1170. The molecule has 2 aromatic heterocycles. The fourth-order valence-corrected chi connectivity index (χ4v) is 10.1. The van der Waals surface area contributed by atoms with Gasteiger partial charge in [0, 0.05) is 23.1 Å². The number of carbonyl (C=O) groups excluding carboxylic acids is 2. The van der Waals surface area contributed by atoms with Crippen LogP contribution in [0.4, 0.5) is 0 Å². The van der Waals surface area contributed by atoms with Crippen LogP contribution in [0.3, 0.4) is 0 Å². The number of rotatable bonds is 7. The molecule has 4 aliphatic rings. The van der Waals surface area contributed by atoms with Crippen LogP contribution in [0.1, 0.15) is 48.7 Å². The SMILES string of the molecule is O=C(O)CCCCCN1C(=O)C2C3CC(C2C1=O)C1C(c2ccco2)c2sc(=S)[nH]c2SC31. The summed E-state index contributed by atoms with van der Waals surface area (Å²) in [7, 11) is 0. The summed E-state index contributed by atoms with van der Waals surface area (Å²) in [5.41, 5.74) is 0. The number of fused-ring (bicyclic) bond motifs is 9. The van der Waals surface area contributed by atoms with E-state index < -0.39 is 5.97 Å². The Labute approximate surface area is 203 Å². The molecule has 2 aliphatic heterocycles. The van der Waals surface area contributed by atoms with E-state index in [2.05, 4.69) is 4.98 Å². The van der Waals surface area contributed by atoms with Crippen LogP contribution in [0, 0.1) is 33.5 Å². The Morgan fingerprint density at radius 2 is 2.00 bits per heavy atom. The lowest BCUT2D eigenvalue weighted by molar-refractivity contribution is -0.141. The van der Waals surface area contributed by atoms with Crippen LogP contribution < -0.4 is 0 Å². The number of carbonyl (C=O) groups is 3. The number of amides is 2. The van der Waals surface area contributed by atoms with Gasteiger partial charge in [-0.3, -0.25) is 19.3 Å². The van der Waals surface area contributed by atoms with Crippen molar-refractivity contribution < 1.29 is 23.9 Å². The Hall–Kier alpha value is -1.91. The number of H-pyrrole nitrogens is 1. The van der Waals surface area contributed by atoms with Gasteiger partial charge in [0.25, 0.3) is 0 Å². The number of aromatic amines is 1. The summed E-state index contributed by atoms with van der Waals surface area (Å²) in [6, 6.07) is 3.92. The van der Waals surface area contributed by atoms with Crippen molar-refractivity contribution in [2.45, 2.75) is 48.3 Å². The quantitative estimate of drug-likeness (QED) is 0.325. The van der Waals surface area contributed by atoms with E-state index >= 15 is 0 Å². The number of imide groups is 1. The van der Waals surface area contributed by atoms with E-state index in [1.165, 1.54) is 9.78 Å². The van der Waals surface area contributed by atoms with Gasteiger partial charge in [0.2, 0.25) is 11.8 Å². The van der Waals surface area contributed by atoms with Crippen LogP contribution in [0.15, 0.2) is 27.8 Å². The third-order valence-electron chi connectivity index (χ3n) is 7.94. The molecule has 2 aromatic rings. The van der Waals surface area contributed by atoms with Crippen LogP contribution >= 0.6 is 35.3 Å². The molecule has 2 N–H and O–H groups in total. The number of aliphatic carboxylic acids is 1. The topological polar surface area (TPSA) is 104 Å². The molecule has 0 spiro atoms. The second-order valence-electron chi connectivity index (χ2n) is 9.51. The average Bonchev–Trinajstić information content (AvgIpc) is 3.57. The van der Waals surface area contributed by atoms with E-state index in [-0.39, 0.29) is 59.0 Å². The van der Waals surface area contributed by atoms with Gasteiger partial charge < -0.3 is 14.5 Å². The molecule has 2 saturated carbocycles.